The van der Waals surface area contributed by atoms with Gasteiger partial charge in [-0.1, -0.05) is 29.8 Å². The first-order chi connectivity index (χ1) is 11.8. The normalized spacial score (nSPS) is 20.3. The SMILES string of the molecule is O=C1N(Cc2cccc(Cl)n2)c2cccc(C3(O)CCC3)c2C1(F)F. The topological polar surface area (TPSA) is 53.4 Å². The standard InChI is InChI=1S/C18H15ClF2N2O2/c19-14-7-1-4-11(22-14)10-23-13-6-2-5-12(17(25)8-3-9-17)15(13)18(20,21)16(23)24/h1-2,4-7,25H,3,8-10H2. The third-order valence-corrected chi connectivity index (χ3v) is 5.15. The van der Waals surface area contributed by atoms with Crippen LogP contribution in [0.1, 0.15) is 36.1 Å². The summed E-state index contributed by atoms with van der Waals surface area (Å²) in [6.45, 7) is -0.107. The minimum absolute atomic E-state index is 0.107. The van der Waals surface area contributed by atoms with E-state index in [1.165, 1.54) is 12.1 Å². The minimum atomic E-state index is -3.67. The maximum atomic E-state index is 14.8. The lowest BCUT2D eigenvalue weighted by atomic mass is 9.73. The molecule has 1 aliphatic carbocycles. The molecule has 130 valence electrons. The zero-order valence-corrected chi connectivity index (χ0v) is 13.9. The average Bonchev–Trinajstić information content (AvgIpc) is 2.74. The van der Waals surface area contributed by atoms with E-state index in [0.717, 1.165) is 11.3 Å². The maximum absolute atomic E-state index is 14.8. The monoisotopic (exact) mass is 364 g/mol. The lowest BCUT2D eigenvalue weighted by Gasteiger charge is -2.38. The van der Waals surface area contributed by atoms with E-state index in [9.17, 15) is 18.7 Å². The Labute approximate surface area is 148 Å². The fourth-order valence-electron chi connectivity index (χ4n) is 3.51. The van der Waals surface area contributed by atoms with Crippen LogP contribution in [0, 0.1) is 0 Å². The van der Waals surface area contributed by atoms with E-state index in [1.807, 2.05) is 0 Å². The smallest absolute Gasteiger partial charge is 0.352 e. The number of aromatic nitrogens is 1. The van der Waals surface area contributed by atoms with Crippen molar-refractivity contribution in [1.82, 2.24) is 4.98 Å². The van der Waals surface area contributed by atoms with E-state index in [-0.39, 0.29) is 28.5 Å². The third-order valence-electron chi connectivity index (χ3n) is 4.94. The first-order valence-electron chi connectivity index (χ1n) is 8.00. The molecule has 4 rings (SSSR count). The van der Waals surface area contributed by atoms with Crippen molar-refractivity contribution in [3.63, 3.8) is 0 Å². The lowest BCUT2D eigenvalue weighted by molar-refractivity contribution is -0.142. The molecule has 0 radical (unpaired) electrons. The summed E-state index contributed by atoms with van der Waals surface area (Å²) in [5, 5.41) is 10.8. The Balaban J connectivity index is 1.80. The number of hydrogen-bond acceptors (Lipinski definition) is 3. The number of rotatable bonds is 3. The van der Waals surface area contributed by atoms with Crippen LogP contribution in [-0.4, -0.2) is 16.0 Å². The number of halogens is 3. The predicted molar refractivity (Wildman–Crippen MR) is 88.5 cm³/mol. The van der Waals surface area contributed by atoms with Gasteiger partial charge in [-0.25, -0.2) is 4.98 Å². The summed E-state index contributed by atoms with van der Waals surface area (Å²) in [5.74, 6) is -4.98. The average molecular weight is 365 g/mol. The number of carbonyl (C=O) groups excluding carboxylic acids is 1. The second-order valence-electron chi connectivity index (χ2n) is 6.50. The Morgan fingerprint density at radius 1 is 1.20 bits per heavy atom. The van der Waals surface area contributed by atoms with Crippen LogP contribution in [0.15, 0.2) is 36.4 Å². The van der Waals surface area contributed by atoms with Gasteiger partial charge in [0, 0.05) is 0 Å². The number of alkyl halides is 2. The fraction of sp³-hybridized carbons (Fsp3) is 0.333. The zero-order chi connectivity index (χ0) is 17.8. The molecule has 0 atom stereocenters. The number of pyridine rings is 1. The van der Waals surface area contributed by atoms with Gasteiger partial charge in [-0.3, -0.25) is 4.79 Å². The number of fused-ring (bicyclic) bond motifs is 1. The first kappa shape index (κ1) is 16.4. The Morgan fingerprint density at radius 3 is 2.56 bits per heavy atom. The summed E-state index contributed by atoms with van der Waals surface area (Å²) in [5.41, 5.74) is -0.980. The summed E-state index contributed by atoms with van der Waals surface area (Å²) >= 11 is 5.84. The molecule has 2 aliphatic rings. The van der Waals surface area contributed by atoms with Crippen LogP contribution in [0.2, 0.25) is 5.15 Å². The Hall–Kier alpha value is -2.05. The molecule has 4 nitrogen and oxygen atoms in total. The van der Waals surface area contributed by atoms with Crippen molar-refractivity contribution in [3.8, 4) is 0 Å². The molecule has 0 unspecified atom stereocenters. The van der Waals surface area contributed by atoms with E-state index >= 15 is 0 Å². The number of hydrogen-bond donors (Lipinski definition) is 1. The van der Waals surface area contributed by atoms with Crippen molar-refractivity contribution in [1.29, 1.82) is 0 Å². The van der Waals surface area contributed by atoms with Gasteiger partial charge in [-0.15, -0.1) is 0 Å². The Bertz CT molecular complexity index is 868. The summed E-state index contributed by atoms with van der Waals surface area (Å²) in [6.07, 6.45) is 1.61. The quantitative estimate of drug-likeness (QED) is 0.844. The highest BCUT2D eigenvalue weighted by Crippen LogP contribution is 2.52. The van der Waals surface area contributed by atoms with Crippen LogP contribution in [0.25, 0.3) is 0 Å². The number of nitrogens with zero attached hydrogens (tertiary/aromatic N) is 2. The molecular formula is C18H15ClF2N2O2. The molecule has 1 aromatic heterocycles. The van der Waals surface area contributed by atoms with Gasteiger partial charge in [-0.05, 0) is 43.0 Å². The summed E-state index contributed by atoms with van der Waals surface area (Å²) in [4.78, 5) is 17.5. The number of amides is 1. The summed E-state index contributed by atoms with van der Waals surface area (Å²) in [6, 6.07) is 9.40. The first-order valence-corrected chi connectivity index (χ1v) is 8.38. The molecule has 1 fully saturated rings. The molecule has 25 heavy (non-hydrogen) atoms. The van der Waals surface area contributed by atoms with Crippen LogP contribution < -0.4 is 4.90 Å². The molecule has 0 bridgehead atoms. The van der Waals surface area contributed by atoms with E-state index in [1.54, 1.807) is 24.3 Å². The van der Waals surface area contributed by atoms with Crippen molar-refractivity contribution in [3.05, 3.63) is 58.4 Å². The molecule has 1 N–H and O–H groups in total. The van der Waals surface area contributed by atoms with Gasteiger partial charge < -0.3 is 10.0 Å². The number of aliphatic hydroxyl groups is 1. The molecule has 2 heterocycles. The van der Waals surface area contributed by atoms with Crippen molar-refractivity contribution >= 4 is 23.2 Å². The number of benzene rings is 1. The van der Waals surface area contributed by atoms with Crippen molar-refractivity contribution in [2.24, 2.45) is 0 Å². The highest BCUT2D eigenvalue weighted by atomic mass is 35.5. The third kappa shape index (κ3) is 2.43. The molecule has 1 saturated carbocycles. The van der Waals surface area contributed by atoms with Gasteiger partial charge in [0.1, 0.15) is 5.15 Å². The fourth-order valence-corrected chi connectivity index (χ4v) is 3.69. The minimum Gasteiger partial charge on any atom is -0.385 e. The van der Waals surface area contributed by atoms with Gasteiger partial charge in [-0.2, -0.15) is 8.78 Å². The van der Waals surface area contributed by atoms with E-state index in [0.29, 0.717) is 18.5 Å². The van der Waals surface area contributed by atoms with Crippen LogP contribution >= 0.6 is 11.6 Å². The lowest BCUT2D eigenvalue weighted by Crippen LogP contribution is -2.37. The predicted octanol–water partition coefficient (Wildman–Crippen LogP) is 3.75. The van der Waals surface area contributed by atoms with Crippen molar-refractivity contribution in [2.45, 2.75) is 37.3 Å². The highest BCUT2D eigenvalue weighted by molar-refractivity contribution is 6.29. The van der Waals surface area contributed by atoms with Gasteiger partial charge in [0.25, 0.3) is 0 Å². The van der Waals surface area contributed by atoms with Crippen LogP contribution in [0.5, 0.6) is 0 Å². The Kier molecular flexibility index (Phi) is 3.60. The van der Waals surface area contributed by atoms with Crippen molar-refractivity contribution < 1.29 is 18.7 Å². The van der Waals surface area contributed by atoms with E-state index in [4.69, 9.17) is 11.6 Å². The van der Waals surface area contributed by atoms with Gasteiger partial charge in [0.05, 0.1) is 29.1 Å². The largest absolute Gasteiger partial charge is 0.385 e. The molecule has 0 spiro atoms. The van der Waals surface area contributed by atoms with E-state index in [2.05, 4.69) is 4.98 Å². The molecule has 1 amide bonds. The second-order valence-corrected chi connectivity index (χ2v) is 6.89. The highest BCUT2D eigenvalue weighted by Gasteiger charge is 2.56. The zero-order valence-electron chi connectivity index (χ0n) is 13.2. The molecule has 2 aromatic rings. The van der Waals surface area contributed by atoms with E-state index < -0.39 is 17.4 Å². The van der Waals surface area contributed by atoms with Crippen LogP contribution in [-0.2, 0) is 22.9 Å². The number of anilines is 1. The van der Waals surface area contributed by atoms with Gasteiger partial charge >= 0.3 is 11.8 Å². The van der Waals surface area contributed by atoms with Gasteiger partial charge in [0.15, 0.2) is 0 Å². The van der Waals surface area contributed by atoms with Gasteiger partial charge in [0.2, 0.25) is 0 Å². The Morgan fingerprint density at radius 2 is 1.92 bits per heavy atom. The maximum Gasteiger partial charge on any atom is 0.352 e. The molecule has 1 aromatic carbocycles. The molecular weight excluding hydrogens is 350 g/mol. The second kappa shape index (κ2) is 5.47. The number of carbonyl (C=O) groups is 1. The summed E-state index contributed by atoms with van der Waals surface area (Å²) in [7, 11) is 0. The molecule has 7 heteroatoms. The van der Waals surface area contributed by atoms with Crippen molar-refractivity contribution in [2.75, 3.05) is 4.90 Å². The molecule has 1 aliphatic heterocycles. The van der Waals surface area contributed by atoms with Crippen LogP contribution in [0.4, 0.5) is 14.5 Å². The summed E-state index contributed by atoms with van der Waals surface area (Å²) < 4.78 is 29.5. The molecule has 0 saturated heterocycles. The van der Waals surface area contributed by atoms with Crippen LogP contribution in [0.3, 0.4) is 0 Å².